The van der Waals surface area contributed by atoms with Gasteiger partial charge in [0, 0.05) is 5.69 Å². The average Bonchev–Trinajstić information content (AvgIpc) is 2.80. The van der Waals surface area contributed by atoms with Crippen LogP contribution in [0.25, 0.3) is 5.69 Å². The van der Waals surface area contributed by atoms with Gasteiger partial charge in [0.2, 0.25) is 0 Å². The van der Waals surface area contributed by atoms with Crippen molar-refractivity contribution in [2.75, 3.05) is 0 Å². The Morgan fingerprint density at radius 1 is 1.06 bits per heavy atom. The third-order valence-corrected chi connectivity index (χ3v) is 2.97. The van der Waals surface area contributed by atoms with Gasteiger partial charge in [0.15, 0.2) is 0 Å². The molecule has 0 atom stereocenters. The minimum absolute atomic E-state index is 0.161. The van der Waals surface area contributed by atoms with Crippen LogP contribution in [0.1, 0.15) is 38.8 Å². The van der Waals surface area contributed by atoms with Crippen molar-refractivity contribution in [2.45, 2.75) is 39.5 Å². The number of hydrogen-bond acceptors (Lipinski definition) is 2. The summed E-state index contributed by atoms with van der Waals surface area (Å²) in [6.45, 7) is 8.88. The van der Waals surface area contributed by atoms with Gasteiger partial charge in [-0.15, -0.1) is 10.2 Å². The summed E-state index contributed by atoms with van der Waals surface area (Å²) in [5.41, 5.74) is 3.99. The summed E-state index contributed by atoms with van der Waals surface area (Å²) in [5, 5.41) is 7.72. The van der Waals surface area contributed by atoms with Gasteiger partial charge >= 0.3 is 0 Å². The largest absolute Gasteiger partial charge is 0.288 e. The molecule has 0 spiro atoms. The predicted molar refractivity (Wildman–Crippen MR) is 69.4 cm³/mol. The van der Waals surface area contributed by atoms with Crippen molar-refractivity contribution in [1.29, 1.82) is 0 Å². The maximum atomic E-state index is 3.86. The van der Waals surface area contributed by atoms with E-state index in [0.717, 1.165) is 12.1 Å². The van der Waals surface area contributed by atoms with Gasteiger partial charge in [0.1, 0.15) is 12.7 Å². The van der Waals surface area contributed by atoms with Crippen LogP contribution in [0.4, 0.5) is 0 Å². The van der Waals surface area contributed by atoms with E-state index in [9.17, 15) is 0 Å². The highest BCUT2D eigenvalue weighted by Crippen LogP contribution is 2.26. The molecule has 0 fully saturated rings. The Morgan fingerprint density at radius 3 is 2.24 bits per heavy atom. The van der Waals surface area contributed by atoms with Gasteiger partial charge in [-0.3, -0.25) is 4.57 Å². The molecule has 3 heteroatoms. The Hall–Kier alpha value is -1.64. The molecular formula is C14H19N3. The molecule has 3 nitrogen and oxygen atoms in total. The van der Waals surface area contributed by atoms with E-state index in [1.165, 1.54) is 11.1 Å². The van der Waals surface area contributed by atoms with Crippen LogP contribution in [0.15, 0.2) is 30.9 Å². The molecule has 2 rings (SSSR count). The summed E-state index contributed by atoms with van der Waals surface area (Å²) >= 11 is 0. The smallest absolute Gasteiger partial charge is 0.123 e. The van der Waals surface area contributed by atoms with Crippen LogP contribution in [-0.2, 0) is 11.8 Å². The van der Waals surface area contributed by atoms with E-state index in [0.29, 0.717) is 0 Å². The summed E-state index contributed by atoms with van der Waals surface area (Å²) in [6.07, 6.45) is 4.52. The fourth-order valence-corrected chi connectivity index (χ4v) is 1.79. The normalized spacial score (nSPS) is 11.8. The molecule has 1 heterocycles. The van der Waals surface area contributed by atoms with E-state index in [-0.39, 0.29) is 5.41 Å². The Labute approximate surface area is 103 Å². The molecule has 0 saturated carbocycles. The third kappa shape index (κ3) is 2.54. The number of rotatable bonds is 2. The Bertz CT molecular complexity index is 493. The first-order valence-electron chi connectivity index (χ1n) is 6.00. The molecule has 0 bridgehead atoms. The highest BCUT2D eigenvalue weighted by atomic mass is 15.2. The van der Waals surface area contributed by atoms with E-state index in [2.05, 4.69) is 56.1 Å². The molecule has 2 aromatic rings. The zero-order chi connectivity index (χ0) is 12.5. The van der Waals surface area contributed by atoms with Gasteiger partial charge in [0.05, 0.1) is 0 Å². The first-order valence-corrected chi connectivity index (χ1v) is 6.00. The van der Waals surface area contributed by atoms with Crippen molar-refractivity contribution in [1.82, 2.24) is 14.8 Å². The van der Waals surface area contributed by atoms with Crippen LogP contribution in [0, 0.1) is 0 Å². The van der Waals surface area contributed by atoms with Gasteiger partial charge in [-0.2, -0.15) is 0 Å². The van der Waals surface area contributed by atoms with Crippen molar-refractivity contribution in [2.24, 2.45) is 0 Å². The second-order valence-corrected chi connectivity index (χ2v) is 5.36. The number of benzene rings is 1. The maximum Gasteiger partial charge on any atom is 0.123 e. The molecule has 0 N–H and O–H groups in total. The zero-order valence-electron chi connectivity index (χ0n) is 10.9. The summed E-state index contributed by atoms with van der Waals surface area (Å²) in [7, 11) is 0. The van der Waals surface area contributed by atoms with E-state index in [1.807, 2.05) is 4.57 Å². The first-order chi connectivity index (χ1) is 8.00. The molecule has 0 unspecified atom stereocenters. The average molecular weight is 229 g/mol. The Balaban J connectivity index is 2.54. The second-order valence-electron chi connectivity index (χ2n) is 5.36. The molecule has 0 aliphatic carbocycles. The fraction of sp³-hybridized carbons (Fsp3) is 0.429. The van der Waals surface area contributed by atoms with Gasteiger partial charge in [-0.05, 0) is 35.1 Å². The summed E-state index contributed by atoms with van der Waals surface area (Å²) in [4.78, 5) is 0. The molecule has 0 radical (unpaired) electrons. The predicted octanol–water partition coefficient (Wildman–Crippen LogP) is 3.13. The first kappa shape index (κ1) is 11.8. The van der Waals surface area contributed by atoms with E-state index in [1.54, 1.807) is 12.7 Å². The topological polar surface area (TPSA) is 30.7 Å². The molecule has 0 aliphatic rings. The van der Waals surface area contributed by atoms with E-state index in [4.69, 9.17) is 0 Å². The third-order valence-electron chi connectivity index (χ3n) is 2.97. The summed E-state index contributed by atoms with van der Waals surface area (Å²) in [5.74, 6) is 0. The lowest BCUT2D eigenvalue weighted by Gasteiger charge is -2.21. The minimum atomic E-state index is 0.161. The lowest BCUT2D eigenvalue weighted by Crippen LogP contribution is -2.12. The lowest BCUT2D eigenvalue weighted by molar-refractivity contribution is 0.589. The van der Waals surface area contributed by atoms with Crippen LogP contribution >= 0.6 is 0 Å². The van der Waals surface area contributed by atoms with Crippen LogP contribution in [0.5, 0.6) is 0 Å². The minimum Gasteiger partial charge on any atom is -0.288 e. The van der Waals surface area contributed by atoms with Crippen LogP contribution in [0.3, 0.4) is 0 Å². The quantitative estimate of drug-likeness (QED) is 0.792. The van der Waals surface area contributed by atoms with Crippen molar-refractivity contribution in [3.63, 3.8) is 0 Å². The van der Waals surface area contributed by atoms with Crippen molar-refractivity contribution < 1.29 is 0 Å². The monoisotopic (exact) mass is 229 g/mol. The number of hydrogen-bond donors (Lipinski definition) is 0. The van der Waals surface area contributed by atoms with Crippen LogP contribution in [0.2, 0.25) is 0 Å². The van der Waals surface area contributed by atoms with Crippen molar-refractivity contribution >= 4 is 0 Å². The molecule has 90 valence electrons. The molecule has 1 aromatic carbocycles. The number of aromatic nitrogens is 3. The van der Waals surface area contributed by atoms with Crippen molar-refractivity contribution in [3.05, 3.63) is 42.0 Å². The van der Waals surface area contributed by atoms with E-state index >= 15 is 0 Å². The molecular weight excluding hydrogens is 210 g/mol. The molecule has 17 heavy (non-hydrogen) atoms. The van der Waals surface area contributed by atoms with E-state index < -0.39 is 0 Å². The van der Waals surface area contributed by atoms with Crippen LogP contribution < -0.4 is 0 Å². The second kappa shape index (κ2) is 4.32. The molecule has 0 amide bonds. The summed E-state index contributed by atoms with van der Waals surface area (Å²) < 4.78 is 1.95. The fourth-order valence-electron chi connectivity index (χ4n) is 1.79. The van der Waals surface area contributed by atoms with Gasteiger partial charge in [0.25, 0.3) is 0 Å². The molecule has 0 saturated heterocycles. The van der Waals surface area contributed by atoms with Gasteiger partial charge in [-0.1, -0.05) is 33.8 Å². The maximum absolute atomic E-state index is 3.86. The highest BCUT2D eigenvalue weighted by Gasteiger charge is 2.15. The highest BCUT2D eigenvalue weighted by molar-refractivity contribution is 5.42. The zero-order valence-corrected chi connectivity index (χ0v) is 10.9. The van der Waals surface area contributed by atoms with Crippen molar-refractivity contribution in [3.8, 4) is 5.69 Å². The van der Waals surface area contributed by atoms with Crippen LogP contribution in [-0.4, -0.2) is 14.8 Å². The van der Waals surface area contributed by atoms with Gasteiger partial charge in [-0.25, -0.2) is 0 Å². The number of aryl methyl sites for hydroxylation is 1. The summed E-state index contributed by atoms with van der Waals surface area (Å²) in [6, 6.07) is 6.69. The number of nitrogens with zero attached hydrogens (tertiary/aromatic N) is 3. The Kier molecular flexibility index (Phi) is 3.01. The lowest BCUT2D eigenvalue weighted by atomic mass is 9.85. The van der Waals surface area contributed by atoms with Gasteiger partial charge < -0.3 is 0 Å². The standard InChI is InChI=1S/C14H19N3/c1-5-11-6-12(14(2,3)4)8-13(7-11)17-9-15-16-10-17/h6-10H,5H2,1-4H3. The SMILES string of the molecule is CCc1cc(-n2cnnc2)cc(C(C)(C)C)c1. The molecule has 0 aliphatic heterocycles. The molecule has 1 aromatic heterocycles. The Morgan fingerprint density at radius 2 is 1.71 bits per heavy atom.